The molecule has 0 aliphatic carbocycles. The average molecular weight is 340 g/mol. The highest BCUT2D eigenvalue weighted by molar-refractivity contribution is 9.10. The summed E-state index contributed by atoms with van der Waals surface area (Å²) in [5, 5.41) is 3.32. The molecule has 0 aliphatic heterocycles. The van der Waals surface area contributed by atoms with Gasteiger partial charge in [-0.2, -0.15) is 0 Å². The largest absolute Gasteiger partial charge is 0.304 e. The smallest absolute Gasteiger partial charge is 0.137 e. The Kier molecular flexibility index (Phi) is 4.89. The van der Waals surface area contributed by atoms with Gasteiger partial charge in [0.15, 0.2) is 0 Å². The monoisotopic (exact) mass is 339 g/mol. The van der Waals surface area contributed by atoms with Crippen molar-refractivity contribution in [3.63, 3.8) is 0 Å². The minimum Gasteiger partial charge on any atom is -0.304 e. The van der Waals surface area contributed by atoms with E-state index in [4.69, 9.17) is 0 Å². The van der Waals surface area contributed by atoms with Crippen molar-refractivity contribution in [2.45, 2.75) is 25.9 Å². The molecule has 0 amide bonds. The lowest BCUT2D eigenvalue weighted by molar-refractivity contribution is 0.473. The minimum absolute atomic E-state index is 0.0125. The van der Waals surface area contributed by atoms with Crippen LogP contribution in [-0.2, 0) is 0 Å². The van der Waals surface area contributed by atoms with Crippen molar-refractivity contribution in [1.82, 2.24) is 5.32 Å². The van der Waals surface area contributed by atoms with Gasteiger partial charge in [-0.3, -0.25) is 0 Å². The van der Waals surface area contributed by atoms with Gasteiger partial charge in [0, 0.05) is 17.6 Å². The van der Waals surface area contributed by atoms with Gasteiger partial charge in [-0.15, -0.1) is 0 Å². The Hall–Kier alpha value is -1.26. The van der Waals surface area contributed by atoms with Crippen molar-refractivity contribution >= 4 is 15.9 Å². The van der Waals surface area contributed by atoms with Gasteiger partial charge in [0.25, 0.3) is 0 Å². The second-order valence-electron chi connectivity index (χ2n) is 4.81. The molecular formula is C16H16BrF2N. The first-order valence-corrected chi connectivity index (χ1v) is 7.23. The van der Waals surface area contributed by atoms with Crippen LogP contribution in [0.25, 0.3) is 0 Å². The fraction of sp³-hybridized carbons (Fsp3) is 0.250. The zero-order chi connectivity index (χ0) is 14.7. The molecule has 0 aromatic heterocycles. The lowest BCUT2D eigenvalue weighted by Gasteiger charge is -2.21. The molecule has 0 fully saturated rings. The van der Waals surface area contributed by atoms with E-state index in [0.29, 0.717) is 10.0 Å². The summed E-state index contributed by atoms with van der Waals surface area (Å²) in [6.45, 7) is 3.88. The van der Waals surface area contributed by atoms with Gasteiger partial charge < -0.3 is 5.32 Å². The van der Waals surface area contributed by atoms with Crippen LogP contribution in [-0.4, -0.2) is 0 Å². The number of benzene rings is 2. The fourth-order valence-corrected chi connectivity index (χ4v) is 2.57. The second kappa shape index (κ2) is 6.46. The summed E-state index contributed by atoms with van der Waals surface area (Å²) in [5.74, 6) is -0.511. The van der Waals surface area contributed by atoms with Crippen LogP contribution >= 0.6 is 15.9 Å². The first-order valence-electron chi connectivity index (χ1n) is 6.44. The average Bonchev–Trinajstić information content (AvgIpc) is 2.42. The highest BCUT2D eigenvalue weighted by atomic mass is 79.9. The lowest BCUT2D eigenvalue weighted by Crippen LogP contribution is -2.23. The molecule has 2 rings (SSSR count). The normalized spacial score (nSPS) is 14.1. The van der Waals surface area contributed by atoms with Gasteiger partial charge in [0.05, 0.1) is 4.47 Å². The molecule has 20 heavy (non-hydrogen) atoms. The van der Waals surface area contributed by atoms with Crippen molar-refractivity contribution in [1.29, 1.82) is 0 Å². The fourth-order valence-electron chi connectivity index (χ4n) is 2.17. The molecule has 1 N–H and O–H groups in total. The van der Waals surface area contributed by atoms with E-state index in [1.165, 1.54) is 12.1 Å². The van der Waals surface area contributed by atoms with Crippen LogP contribution in [0.4, 0.5) is 8.78 Å². The highest BCUT2D eigenvalue weighted by Gasteiger charge is 2.14. The Morgan fingerprint density at radius 1 is 0.950 bits per heavy atom. The van der Waals surface area contributed by atoms with Crippen molar-refractivity contribution in [3.8, 4) is 0 Å². The summed E-state index contributed by atoms with van der Waals surface area (Å²) in [5.41, 5.74) is 1.57. The first kappa shape index (κ1) is 15.1. The van der Waals surface area contributed by atoms with E-state index in [9.17, 15) is 8.78 Å². The SMILES string of the molecule is CC(NC(C)c1ccccc1F)c1ccc(F)c(Br)c1. The summed E-state index contributed by atoms with van der Waals surface area (Å²) in [4.78, 5) is 0. The summed E-state index contributed by atoms with van der Waals surface area (Å²) >= 11 is 3.17. The maximum atomic E-state index is 13.7. The zero-order valence-corrected chi connectivity index (χ0v) is 12.9. The van der Waals surface area contributed by atoms with Crippen molar-refractivity contribution in [2.24, 2.45) is 0 Å². The Balaban J connectivity index is 2.13. The number of hydrogen-bond donors (Lipinski definition) is 1. The molecule has 106 valence electrons. The van der Waals surface area contributed by atoms with Crippen LogP contribution in [0.2, 0.25) is 0 Å². The molecule has 4 heteroatoms. The third kappa shape index (κ3) is 3.44. The van der Waals surface area contributed by atoms with Gasteiger partial charge in [-0.05, 0) is 53.5 Å². The van der Waals surface area contributed by atoms with E-state index in [0.717, 1.165) is 5.56 Å². The van der Waals surface area contributed by atoms with E-state index in [1.807, 2.05) is 19.9 Å². The topological polar surface area (TPSA) is 12.0 Å². The maximum absolute atomic E-state index is 13.7. The molecule has 0 spiro atoms. The predicted octanol–water partition coefficient (Wildman–Crippen LogP) is 5.14. The van der Waals surface area contributed by atoms with Crippen molar-refractivity contribution in [2.75, 3.05) is 0 Å². The van der Waals surface area contributed by atoms with Gasteiger partial charge in [0.2, 0.25) is 0 Å². The number of nitrogens with one attached hydrogen (secondary N) is 1. The van der Waals surface area contributed by atoms with Crippen molar-refractivity contribution in [3.05, 3.63) is 69.7 Å². The summed E-state index contributed by atoms with van der Waals surface area (Å²) < 4.78 is 27.4. The van der Waals surface area contributed by atoms with E-state index in [2.05, 4.69) is 21.2 Å². The van der Waals surface area contributed by atoms with Gasteiger partial charge in [-0.1, -0.05) is 24.3 Å². The lowest BCUT2D eigenvalue weighted by atomic mass is 10.0. The predicted molar refractivity (Wildman–Crippen MR) is 80.5 cm³/mol. The van der Waals surface area contributed by atoms with E-state index < -0.39 is 0 Å². The van der Waals surface area contributed by atoms with E-state index in [-0.39, 0.29) is 23.7 Å². The first-order chi connectivity index (χ1) is 9.49. The van der Waals surface area contributed by atoms with Crippen LogP contribution in [0.5, 0.6) is 0 Å². The van der Waals surface area contributed by atoms with E-state index >= 15 is 0 Å². The standard InChI is InChI=1S/C16H16BrF2N/c1-10(12-7-8-16(19)14(17)9-12)20-11(2)13-5-3-4-6-15(13)18/h3-11,20H,1-2H3. The number of hydrogen-bond acceptors (Lipinski definition) is 1. The van der Waals surface area contributed by atoms with Crippen molar-refractivity contribution < 1.29 is 8.78 Å². The quantitative estimate of drug-likeness (QED) is 0.813. The third-order valence-electron chi connectivity index (χ3n) is 3.32. The minimum atomic E-state index is -0.289. The van der Waals surface area contributed by atoms with E-state index in [1.54, 1.807) is 24.3 Å². The molecule has 2 aromatic rings. The molecule has 2 unspecified atom stereocenters. The molecule has 0 radical (unpaired) electrons. The Bertz CT molecular complexity index is 601. The summed E-state index contributed by atoms with van der Waals surface area (Å²) in [6.07, 6.45) is 0. The maximum Gasteiger partial charge on any atom is 0.137 e. The molecule has 0 saturated carbocycles. The molecule has 0 bridgehead atoms. The van der Waals surface area contributed by atoms with Crippen LogP contribution in [0, 0.1) is 11.6 Å². The summed E-state index contributed by atoms with van der Waals surface area (Å²) in [6, 6.07) is 11.4. The van der Waals surface area contributed by atoms with Crippen LogP contribution < -0.4 is 5.32 Å². The second-order valence-corrected chi connectivity index (χ2v) is 5.66. The Labute approximate surface area is 126 Å². The summed E-state index contributed by atoms with van der Waals surface area (Å²) in [7, 11) is 0. The van der Waals surface area contributed by atoms with Gasteiger partial charge in [-0.25, -0.2) is 8.78 Å². The molecule has 2 aromatic carbocycles. The van der Waals surface area contributed by atoms with Crippen LogP contribution in [0.1, 0.15) is 37.1 Å². The Morgan fingerprint density at radius 3 is 2.30 bits per heavy atom. The van der Waals surface area contributed by atoms with Crippen LogP contribution in [0.15, 0.2) is 46.9 Å². The molecule has 1 nitrogen and oxygen atoms in total. The Morgan fingerprint density at radius 2 is 1.65 bits per heavy atom. The number of halogens is 3. The third-order valence-corrected chi connectivity index (χ3v) is 3.92. The molecular weight excluding hydrogens is 324 g/mol. The molecule has 0 heterocycles. The molecule has 0 aliphatic rings. The highest BCUT2D eigenvalue weighted by Crippen LogP contribution is 2.24. The van der Waals surface area contributed by atoms with Crippen LogP contribution in [0.3, 0.4) is 0 Å². The zero-order valence-electron chi connectivity index (χ0n) is 11.3. The number of rotatable bonds is 4. The van der Waals surface area contributed by atoms with Gasteiger partial charge >= 0.3 is 0 Å². The molecule has 2 atom stereocenters. The van der Waals surface area contributed by atoms with Gasteiger partial charge in [0.1, 0.15) is 11.6 Å². The molecule has 0 saturated heterocycles.